The van der Waals surface area contributed by atoms with Crippen LogP contribution in [-0.4, -0.2) is 29.5 Å². The van der Waals surface area contributed by atoms with Gasteiger partial charge in [0.2, 0.25) is 5.91 Å². The number of aryl methyl sites for hydroxylation is 1. The van der Waals surface area contributed by atoms with Gasteiger partial charge in [-0.25, -0.2) is 0 Å². The Kier molecular flexibility index (Phi) is 4.24. The Bertz CT molecular complexity index is 686. The lowest BCUT2D eigenvalue weighted by Gasteiger charge is -2.19. The van der Waals surface area contributed by atoms with Crippen molar-refractivity contribution in [3.05, 3.63) is 30.0 Å². The first-order chi connectivity index (χ1) is 10.6. The number of carbonyl (C=O) groups is 1. The van der Waals surface area contributed by atoms with Gasteiger partial charge in [0.05, 0.1) is 5.25 Å². The summed E-state index contributed by atoms with van der Waals surface area (Å²) in [7, 11) is 0. The second-order valence-electron chi connectivity index (χ2n) is 4.88. The summed E-state index contributed by atoms with van der Waals surface area (Å²) < 4.78 is 15.9. The van der Waals surface area contributed by atoms with Gasteiger partial charge in [-0.2, -0.15) is 0 Å². The third-order valence-electron chi connectivity index (χ3n) is 3.07. The van der Waals surface area contributed by atoms with Gasteiger partial charge in [-0.15, -0.1) is 11.8 Å². The van der Waals surface area contributed by atoms with Gasteiger partial charge < -0.3 is 19.3 Å². The molecule has 1 N–H and O–H groups in total. The predicted octanol–water partition coefficient (Wildman–Crippen LogP) is 2.87. The Morgan fingerprint density at radius 3 is 2.77 bits per heavy atom. The first-order valence-electron chi connectivity index (χ1n) is 6.92. The fourth-order valence-corrected chi connectivity index (χ4v) is 2.90. The van der Waals surface area contributed by atoms with Gasteiger partial charge in [-0.3, -0.25) is 4.79 Å². The summed E-state index contributed by atoms with van der Waals surface area (Å²) >= 11 is 1.44. The van der Waals surface area contributed by atoms with Crippen LogP contribution in [0.3, 0.4) is 0 Å². The zero-order chi connectivity index (χ0) is 15.5. The third-order valence-corrected chi connectivity index (χ3v) is 4.17. The Labute approximate surface area is 132 Å². The number of rotatable bonds is 4. The minimum atomic E-state index is -0.278. The quantitative estimate of drug-likeness (QED) is 0.873. The van der Waals surface area contributed by atoms with Crippen LogP contribution >= 0.6 is 11.8 Å². The Morgan fingerprint density at radius 2 is 2.05 bits per heavy atom. The molecule has 1 atom stereocenters. The van der Waals surface area contributed by atoms with Crippen LogP contribution in [0.5, 0.6) is 11.5 Å². The van der Waals surface area contributed by atoms with E-state index >= 15 is 0 Å². The molecule has 1 amide bonds. The van der Waals surface area contributed by atoms with Crippen LogP contribution in [0.4, 0.5) is 5.82 Å². The SMILES string of the molecule is Cc1cc(NC(=O)[C@@H](C)Sc2ccc3c(c2)OCCO3)no1. The lowest BCUT2D eigenvalue weighted by atomic mass is 10.3. The fraction of sp³-hybridized carbons (Fsp3) is 0.333. The number of benzene rings is 1. The molecule has 6 nitrogen and oxygen atoms in total. The molecule has 3 rings (SSSR count). The molecule has 116 valence electrons. The van der Waals surface area contributed by atoms with Crippen LogP contribution in [0.1, 0.15) is 12.7 Å². The van der Waals surface area contributed by atoms with Crippen LogP contribution in [0, 0.1) is 6.92 Å². The van der Waals surface area contributed by atoms with E-state index in [0.717, 1.165) is 16.4 Å². The van der Waals surface area contributed by atoms with Crippen LogP contribution in [0.2, 0.25) is 0 Å². The number of hydrogen-bond donors (Lipinski definition) is 1. The summed E-state index contributed by atoms with van der Waals surface area (Å²) in [4.78, 5) is 13.1. The number of aromatic nitrogens is 1. The van der Waals surface area contributed by atoms with Crippen LogP contribution in [0.25, 0.3) is 0 Å². The van der Waals surface area contributed by atoms with Gasteiger partial charge >= 0.3 is 0 Å². The monoisotopic (exact) mass is 320 g/mol. The van der Waals surface area contributed by atoms with Crippen molar-refractivity contribution >= 4 is 23.5 Å². The normalized spacial score (nSPS) is 14.5. The molecule has 0 fully saturated rings. The first kappa shape index (κ1) is 14.8. The van der Waals surface area contributed by atoms with Gasteiger partial charge in [0.25, 0.3) is 0 Å². The van der Waals surface area contributed by atoms with E-state index in [0.29, 0.717) is 24.8 Å². The number of amides is 1. The highest BCUT2D eigenvalue weighted by atomic mass is 32.2. The van der Waals surface area contributed by atoms with Gasteiger partial charge in [-0.05, 0) is 32.0 Å². The Morgan fingerprint density at radius 1 is 1.27 bits per heavy atom. The molecule has 1 aliphatic rings. The van der Waals surface area contributed by atoms with Crippen LogP contribution < -0.4 is 14.8 Å². The molecule has 0 saturated carbocycles. The van der Waals surface area contributed by atoms with E-state index in [2.05, 4.69) is 10.5 Å². The number of fused-ring (bicyclic) bond motifs is 1. The number of hydrogen-bond acceptors (Lipinski definition) is 6. The van der Waals surface area contributed by atoms with Crippen molar-refractivity contribution in [1.29, 1.82) is 0 Å². The second kappa shape index (κ2) is 6.31. The number of carbonyl (C=O) groups excluding carboxylic acids is 1. The molecule has 0 unspecified atom stereocenters. The molecule has 1 aromatic carbocycles. The topological polar surface area (TPSA) is 73.6 Å². The van der Waals surface area contributed by atoms with Gasteiger partial charge in [0.15, 0.2) is 17.3 Å². The van der Waals surface area contributed by atoms with Crippen molar-refractivity contribution in [2.24, 2.45) is 0 Å². The average molecular weight is 320 g/mol. The number of nitrogens with zero attached hydrogens (tertiary/aromatic N) is 1. The zero-order valence-corrected chi connectivity index (χ0v) is 13.1. The van der Waals surface area contributed by atoms with Crippen molar-refractivity contribution in [3.63, 3.8) is 0 Å². The molecule has 2 heterocycles. The molecule has 22 heavy (non-hydrogen) atoms. The number of ether oxygens (including phenoxy) is 2. The molecular formula is C15H16N2O4S. The lowest BCUT2D eigenvalue weighted by molar-refractivity contribution is -0.115. The Hall–Kier alpha value is -2.15. The second-order valence-corrected chi connectivity index (χ2v) is 6.29. The van der Waals surface area contributed by atoms with Crippen molar-refractivity contribution in [1.82, 2.24) is 5.16 Å². The average Bonchev–Trinajstić information content (AvgIpc) is 2.92. The van der Waals surface area contributed by atoms with Gasteiger partial charge in [-0.1, -0.05) is 5.16 Å². The lowest BCUT2D eigenvalue weighted by Crippen LogP contribution is -2.22. The largest absolute Gasteiger partial charge is 0.486 e. The van der Waals surface area contributed by atoms with E-state index < -0.39 is 0 Å². The predicted molar refractivity (Wildman–Crippen MR) is 82.6 cm³/mol. The van der Waals surface area contributed by atoms with E-state index in [9.17, 15) is 4.79 Å². The van der Waals surface area contributed by atoms with Crippen LogP contribution in [-0.2, 0) is 4.79 Å². The summed E-state index contributed by atoms with van der Waals surface area (Å²) in [5.41, 5.74) is 0. The molecule has 1 aliphatic heterocycles. The Balaban J connectivity index is 1.63. The molecule has 0 radical (unpaired) electrons. The van der Waals surface area contributed by atoms with E-state index in [4.69, 9.17) is 14.0 Å². The zero-order valence-electron chi connectivity index (χ0n) is 12.3. The highest BCUT2D eigenvalue weighted by Gasteiger charge is 2.18. The summed E-state index contributed by atoms with van der Waals surface area (Å²) in [6.45, 7) is 4.72. The highest BCUT2D eigenvalue weighted by molar-refractivity contribution is 8.00. The summed E-state index contributed by atoms with van der Waals surface area (Å²) in [5, 5.41) is 6.20. The molecule has 0 saturated heterocycles. The maximum absolute atomic E-state index is 12.1. The van der Waals surface area contributed by atoms with Gasteiger partial charge in [0.1, 0.15) is 19.0 Å². The first-order valence-corrected chi connectivity index (χ1v) is 7.80. The summed E-state index contributed by atoms with van der Waals surface area (Å²) in [6.07, 6.45) is 0. The fourth-order valence-electron chi connectivity index (χ4n) is 2.01. The molecule has 2 aromatic rings. The molecule has 1 aromatic heterocycles. The molecule has 0 aliphatic carbocycles. The third kappa shape index (κ3) is 3.36. The van der Waals surface area contributed by atoms with Crippen molar-refractivity contribution < 1.29 is 18.8 Å². The number of thioether (sulfide) groups is 1. The smallest absolute Gasteiger partial charge is 0.238 e. The number of anilines is 1. The summed E-state index contributed by atoms with van der Waals surface area (Å²) in [5.74, 6) is 2.41. The van der Waals surface area contributed by atoms with Crippen molar-refractivity contribution in [2.45, 2.75) is 24.0 Å². The highest BCUT2D eigenvalue weighted by Crippen LogP contribution is 2.35. The minimum Gasteiger partial charge on any atom is -0.486 e. The number of nitrogens with one attached hydrogen (secondary N) is 1. The minimum absolute atomic E-state index is 0.131. The van der Waals surface area contributed by atoms with Crippen molar-refractivity contribution in [2.75, 3.05) is 18.5 Å². The molecule has 7 heteroatoms. The van der Waals surface area contributed by atoms with Gasteiger partial charge in [0, 0.05) is 11.0 Å². The summed E-state index contributed by atoms with van der Waals surface area (Å²) in [6, 6.07) is 7.35. The van der Waals surface area contributed by atoms with E-state index in [-0.39, 0.29) is 11.2 Å². The van der Waals surface area contributed by atoms with E-state index in [1.165, 1.54) is 11.8 Å². The van der Waals surface area contributed by atoms with E-state index in [1.54, 1.807) is 13.0 Å². The maximum atomic E-state index is 12.1. The van der Waals surface area contributed by atoms with Crippen LogP contribution in [0.15, 0.2) is 33.7 Å². The van der Waals surface area contributed by atoms with E-state index in [1.807, 2.05) is 25.1 Å². The molecule has 0 spiro atoms. The standard InChI is InChI=1S/C15H16N2O4S/c1-9-7-14(17-21-9)16-15(18)10(2)22-11-3-4-12-13(8-11)20-6-5-19-12/h3-4,7-8,10H,5-6H2,1-2H3,(H,16,17,18)/t10-/m1/s1. The molecule has 0 bridgehead atoms. The maximum Gasteiger partial charge on any atom is 0.238 e. The molecular weight excluding hydrogens is 304 g/mol. The van der Waals surface area contributed by atoms with Crippen molar-refractivity contribution in [3.8, 4) is 11.5 Å².